The summed E-state index contributed by atoms with van der Waals surface area (Å²) in [5, 5.41) is 13.0. The van der Waals surface area contributed by atoms with E-state index in [9.17, 15) is 5.11 Å². The van der Waals surface area contributed by atoms with Crippen molar-refractivity contribution in [2.75, 3.05) is 32.8 Å². The Balaban J connectivity index is 1.84. The summed E-state index contributed by atoms with van der Waals surface area (Å²) in [6.07, 6.45) is 0. The van der Waals surface area contributed by atoms with Crippen LogP contribution in [-0.4, -0.2) is 54.9 Å². The van der Waals surface area contributed by atoms with E-state index in [-0.39, 0.29) is 12.6 Å². The average molecular weight is 292 g/mol. The maximum atomic E-state index is 9.52. The third kappa shape index (κ3) is 4.70. The van der Waals surface area contributed by atoms with Gasteiger partial charge in [-0.3, -0.25) is 4.90 Å². The van der Waals surface area contributed by atoms with Gasteiger partial charge in [-0.1, -0.05) is 26.0 Å². The number of nitrogens with zero attached hydrogens (tertiary/aromatic N) is 1. The van der Waals surface area contributed by atoms with Crippen molar-refractivity contribution in [3.8, 4) is 5.75 Å². The molecule has 1 fully saturated rings. The van der Waals surface area contributed by atoms with Gasteiger partial charge < -0.3 is 15.2 Å². The van der Waals surface area contributed by atoms with Crippen molar-refractivity contribution >= 4 is 0 Å². The van der Waals surface area contributed by atoms with E-state index in [0.29, 0.717) is 18.6 Å². The Bertz CT molecular complexity index is 437. The minimum absolute atomic E-state index is 0.195. The molecule has 0 amide bonds. The molecule has 2 rings (SSSR count). The lowest BCUT2D eigenvalue weighted by molar-refractivity contribution is 0.0595. The number of piperazine rings is 1. The molecule has 4 heteroatoms. The Kier molecular flexibility index (Phi) is 6.03. The monoisotopic (exact) mass is 292 g/mol. The zero-order chi connectivity index (χ0) is 15.2. The first kappa shape index (κ1) is 16.3. The van der Waals surface area contributed by atoms with Gasteiger partial charge in [-0.15, -0.1) is 0 Å². The maximum Gasteiger partial charge on any atom is 0.119 e. The van der Waals surface area contributed by atoms with Crippen LogP contribution in [-0.2, 0) is 0 Å². The summed E-state index contributed by atoms with van der Waals surface area (Å²) in [7, 11) is 0. The number of aliphatic hydroxyl groups excluding tert-OH is 1. The van der Waals surface area contributed by atoms with Crippen LogP contribution in [0.15, 0.2) is 24.3 Å². The van der Waals surface area contributed by atoms with Crippen LogP contribution in [0.5, 0.6) is 5.75 Å². The first-order chi connectivity index (χ1) is 10.1. The van der Waals surface area contributed by atoms with Gasteiger partial charge in [0.05, 0.1) is 6.61 Å². The van der Waals surface area contributed by atoms with Gasteiger partial charge >= 0.3 is 0 Å². The third-order valence-electron chi connectivity index (χ3n) is 4.22. The summed E-state index contributed by atoms with van der Waals surface area (Å²) >= 11 is 0. The zero-order valence-corrected chi connectivity index (χ0v) is 13.4. The molecule has 0 aromatic heterocycles. The quantitative estimate of drug-likeness (QED) is 0.837. The van der Waals surface area contributed by atoms with E-state index < -0.39 is 0 Å². The van der Waals surface area contributed by atoms with Crippen LogP contribution in [0.1, 0.15) is 19.4 Å². The summed E-state index contributed by atoms with van der Waals surface area (Å²) in [5.74, 6) is 1.52. The van der Waals surface area contributed by atoms with Crippen molar-refractivity contribution in [2.45, 2.75) is 32.9 Å². The van der Waals surface area contributed by atoms with Gasteiger partial charge in [-0.2, -0.15) is 0 Å². The fourth-order valence-corrected chi connectivity index (χ4v) is 2.77. The lowest BCUT2D eigenvalue weighted by Gasteiger charge is -2.41. The van der Waals surface area contributed by atoms with Crippen LogP contribution in [0, 0.1) is 12.8 Å². The minimum atomic E-state index is 0.195. The Morgan fingerprint density at radius 2 is 2.24 bits per heavy atom. The van der Waals surface area contributed by atoms with E-state index in [1.807, 2.05) is 12.1 Å². The highest BCUT2D eigenvalue weighted by atomic mass is 16.5. The van der Waals surface area contributed by atoms with Crippen molar-refractivity contribution in [3.05, 3.63) is 29.8 Å². The van der Waals surface area contributed by atoms with Gasteiger partial charge in [0.15, 0.2) is 0 Å². The predicted octanol–water partition coefficient (Wildman–Crippen LogP) is 1.66. The summed E-state index contributed by atoms with van der Waals surface area (Å²) in [6.45, 7) is 10.1. The van der Waals surface area contributed by atoms with E-state index in [1.165, 1.54) is 5.56 Å². The highest BCUT2D eigenvalue weighted by molar-refractivity contribution is 5.27. The first-order valence-corrected chi connectivity index (χ1v) is 7.88. The Morgan fingerprint density at radius 3 is 2.90 bits per heavy atom. The minimum Gasteiger partial charge on any atom is -0.492 e. The van der Waals surface area contributed by atoms with Gasteiger partial charge in [0.2, 0.25) is 0 Å². The maximum absolute atomic E-state index is 9.52. The molecule has 4 nitrogen and oxygen atoms in total. The molecule has 2 N–H and O–H groups in total. The first-order valence-electron chi connectivity index (χ1n) is 7.88. The van der Waals surface area contributed by atoms with Crippen molar-refractivity contribution in [1.29, 1.82) is 0 Å². The fraction of sp³-hybridized carbons (Fsp3) is 0.647. The Morgan fingerprint density at radius 1 is 1.43 bits per heavy atom. The second-order valence-corrected chi connectivity index (χ2v) is 6.26. The molecule has 1 heterocycles. The molecular formula is C17H28N2O2. The highest BCUT2D eigenvalue weighted by Crippen LogP contribution is 2.14. The molecule has 1 aliphatic heterocycles. The van der Waals surface area contributed by atoms with E-state index in [2.05, 4.69) is 43.1 Å². The van der Waals surface area contributed by atoms with E-state index in [4.69, 9.17) is 4.74 Å². The van der Waals surface area contributed by atoms with Crippen molar-refractivity contribution in [2.24, 2.45) is 5.92 Å². The fourth-order valence-electron chi connectivity index (χ4n) is 2.77. The second-order valence-electron chi connectivity index (χ2n) is 6.26. The molecule has 1 aromatic rings. The molecule has 118 valence electrons. The van der Waals surface area contributed by atoms with Gasteiger partial charge in [0.1, 0.15) is 12.4 Å². The number of aliphatic hydroxyl groups is 1. The van der Waals surface area contributed by atoms with Crippen LogP contribution in [0.2, 0.25) is 0 Å². The van der Waals surface area contributed by atoms with Crippen molar-refractivity contribution in [1.82, 2.24) is 10.2 Å². The Hall–Kier alpha value is -1.10. The third-order valence-corrected chi connectivity index (χ3v) is 4.22. The predicted molar refractivity (Wildman–Crippen MR) is 85.7 cm³/mol. The number of aryl methyl sites for hydroxylation is 1. The molecule has 0 bridgehead atoms. The van der Waals surface area contributed by atoms with Gasteiger partial charge in [0.25, 0.3) is 0 Å². The molecule has 1 saturated heterocycles. The number of nitrogens with one attached hydrogen (secondary N) is 1. The zero-order valence-electron chi connectivity index (χ0n) is 13.4. The molecule has 0 saturated carbocycles. The molecule has 0 aliphatic carbocycles. The molecular weight excluding hydrogens is 264 g/mol. The SMILES string of the molecule is Cc1cccc(OCCN2CC(C(C)C)NCC2CO)c1. The van der Waals surface area contributed by atoms with Gasteiger partial charge in [-0.05, 0) is 30.5 Å². The average Bonchev–Trinajstić information content (AvgIpc) is 2.47. The summed E-state index contributed by atoms with van der Waals surface area (Å²) in [4.78, 5) is 2.34. The molecule has 0 radical (unpaired) electrons. The summed E-state index contributed by atoms with van der Waals surface area (Å²) in [6, 6.07) is 8.82. The smallest absolute Gasteiger partial charge is 0.119 e. The second kappa shape index (κ2) is 7.78. The standard InChI is InChI=1S/C17H28N2O2/c1-13(2)17-11-19(15(12-20)10-18-17)7-8-21-16-6-4-5-14(3)9-16/h4-6,9,13,15,17-18,20H,7-8,10-12H2,1-3H3. The van der Waals surface area contributed by atoms with E-state index >= 15 is 0 Å². The topological polar surface area (TPSA) is 44.7 Å². The van der Waals surface area contributed by atoms with Crippen molar-refractivity contribution in [3.63, 3.8) is 0 Å². The largest absolute Gasteiger partial charge is 0.492 e. The Labute approximate surface area is 128 Å². The van der Waals surface area contributed by atoms with Crippen LogP contribution in [0.4, 0.5) is 0 Å². The normalized spacial score (nSPS) is 23.5. The lowest BCUT2D eigenvalue weighted by atomic mass is 9.99. The molecule has 21 heavy (non-hydrogen) atoms. The highest BCUT2D eigenvalue weighted by Gasteiger charge is 2.28. The molecule has 0 spiro atoms. The number of benzene rings is 1. The van der Waals surface area contributed by atoms with Crippen LogP contribution in [0.3, 0.4) is 0 Å². The number of hydrogen-bond donors (Lipinski definition) is 2. The number of hydrogen-bond acceptors (Lipinski definition) is 4. The molecule has 1 aliphatic rings. The number of ether oxygens (including phenoxy) is 1. The molecule has 2 atom stereocenters. The van der Waals surface area contributed by atoms with Crippen LogP contribution in [0.25, 0.3) is 0 Å². The summed E-state index contributed by atoms with van der Waals surface area (Å²) in [5.41, 5.74) is 1.21. The van der Waals surface area contributed by atoms with Crippen LogP contribution < -0.4 is 10.1 Å². The van der Waals surface area contributed by atoms with Gasteiger partial charge in [-0.25, -0.2) is 0 Å². The van der Waals surface area contributed by atoms with E-state index in [1.54, 1.807) is 0 Å². The molecule has 2 unspecified atom stereocenters. The van der Waals surface area contributed by atoms with E-state index in [0.717, 1.165) is 25.4 Å². The van der Waals surface area contributed by atoms with Gasteiger partial charge in [0, 0.05) is 31.7 Å². The van der Waals surface area contributed by atoms with Crippen LogP contribution >= 0.6 is 0 Å². The number of rotatable bonds is 6. The van der Waals surface area contributed by atoms with Crippen molar-refractivity contribution < 1.29 is 9.84 Å². The summed E-state index contributed by atoms with van der Waals surface area (Å²) < 4.78 is 5.83. The lowest BCUT2D eigenvalue weighted by Crippen LogP contribution is -2.59. The molecule has 1 aromatic carbocycles.